The molecule has 0 N–H and O–H groups in total. The monoisotopic (exact) mass is 446 g/mol. The number of ether oxygens (including phenoxy) is 6. The van der Waals surface area contributed by atoms with E-state index in [4.69, 9.17) is 37.3 Å². The van der Waals surface area contributed by atoms with Gasteiger partial charge in [-0.2, -0.15) is 9.97 Å². The lowest BCUT2D eigenvalue weighted by molar-refractivity contribution is 0.0493. The molecule has 2 heterocycles. The highest BCUT2D eigenvalue weighted by Gasteiger charge is 2.12. The maximum Gasteiger partial charge on any atom is 0.394 e. The summed E-state index contributed by atoms with van der Waals surface area (Å²) in [7, 11) is 3.26. The molecule has 0 aliphatic rings. The zero-order valence-corrected chi connectivity index (χ0v) is 18.1. The molecular weight excluding hydrogens is 420 g/mol. The first kappa shape index (κ1) is 22.3. The molecule has 0 unspecified atom stereocenters. The summed E-state index contributed by atoms with van der Waals surface area (Å²) in [5, 5.41) is 1.89. The van der Waals surface area contributed by atoms with E-state index in [2.05, 4.69) is 9.97 Å². The average Bonchev–Trinajstić information content (AvgIpc) is 3.37. The average molecular weight is 446 g/mol. The van der Waals surface area contributed by atoms with Crippen LogP contribution in [0.3, 0.4) is 0 Å². The van der Waals surface area contributed by atoms with E-state index < -0.39 is 0 Å². The molecule has 0 fully saturated rings. The highest BCUT2D eigenvalue weighted by atomic mass is 16.6. The van der Waals surface area contributed by atoms with Crippen LogP contribution in [0.4, 0.5) is 0 Å². The number of fused-ring (bicyclic) bond motifs is 3. The van der Waals surface area contributed by atoms with Crippen molar-refractivity contribution in [2.45, 2.75) is 0 Å². The fourth-order valence-electron chi connectivity index (χ4n) is 3.04. The summed E-state index contributed by atoms with van der Waals surface area (Å²) in [4.78, 5) is 8.78. The predicted molar refractivity (Wildman–Crippen MR) is 115 cm³/mol. The molecule has 172 valence electrons. The van der Waals surface area contributed by atoms with Gasteiger partial charge < -0.3 is 37.3 Å². The van der Waals surface area contributed by atoms with Crippen molar-refractivity contribution in [1.82, 2.24) is 9.97 Å². The molecule has 0 bridgehead atoms. The van der Waals surface area contributed by atoms with Gasteiger partial charge in [0.2, 0.25) is 0 Å². The van der Waals surface area contributed by atoms with Gasteiger partial charge in [-0.3, -0.25) is 0 Å². The molecule has 0 aliphatic carbocycles. The Bertz CT molecular complexity index is 984. The SMILES string of the molecule is COCCOCCOc1nc2cc3cc4oc(OCCOCCOC)nc4cc3cc2o1. The van der Waals surface area contributed by atoms with Crippen molar-refractivity contribution in [3.05, 3.63) is 24.3 Å². The van der Waals surface area contributed by atoms with Gasteiger partial charge in [-0.15, -0.1) is 0 Å². The van der Waals surface area contributed by atoms with E-state index in [1.54, 1.807) is 14.2 Å². The Hall–Kier alpha value is -2.92. The highest BCUT2D eigenvalue weighted by molar-refractivity contribution is 6.00. The number of methoxy groups -OCH3 is 2. The number of aromatic nitrogens is 2. The maximum atomic E-state index is 5.71. The Morgan fingerprint density at radius 3 is 1.47 bits per heavy atom. The minimum atomic E-state index is 0.205. The summed E-state index contributed by atoms with van der Waals surface area (Å²) in [6.07, 6.45) is 0.409. The van der Waals surface area contributed by atoms with Crippen molar-refractivity contribution < 1.29 is 37.3 Å². The fourth-order valence-corrected chi connectivity index (χ4v) is 3.04. The molecule has 0 saturated heterocycles. The minimum Gasteiger partial charge on any atom is -0.448 e. The van der Waals surface area contributed by atoms with Crippen LogP contribution in [0.25, 0.3) is 33.0 Å². The number of hydrogen-bond donors (Lipinski definition) is 0. The second kappa shape index (κ2) is 11.1. The molecule has 2 aromatic heterocycles. The maximum absolute atomic E-state index is 5.71. The van der Waals surface area contributed by atoms with Gasteiger partial charge in [0.15, 0.2) is 11.2 Å². The molecular formula is C22H26N2O8. The molecule has 0 spiro atoms. The molecule has 0 aliphatic heterocycles. The minimum absolute atomic E-state index is 0.205. The zero-order chi connectivity index (χ0) is 22.2. The summed E-state index contributed by atoms with van der Waals surface area (Å²) in [5.41, 5.74) is 2.63. The molecule has 2 aromatic carbocycles. The molecule has 4 rings (SSSR count). The number of benzene rings is 2. The van der Waals surface area contributed by atoms with Crippen LogP contribution < -0.4 is 9.47 Å². The van der Waals surface area contributed by atoms with Gasteiger partial charge in [-0.25, -0.2) is 0 Å². The summed E-state index contributed by atoms with van der Waals surface area (Å²) in [6.45, 7) is 3.66. The lowest BCUT2D eigenvalue weighted by atomic mass is 10.1. The van der Waals surface area contributed by atoms with Gasteiger partial charge in [-0.05, 0) is 35.0 Å². The molecule has 10 nitrogen and oxygen atoms in total. The lowest BCUT2D eigenvalue weighted by Gasteiger charge is -2.02. The third kappa shape index (κ3) is 5.65. The van der Waals surface area contributed by atoms with Gasteiger partial charge in [0.1, 0.15) is 24.2 Å². The summed E-state index contributed by atoms with van der Waals surface area (Å²) >= 11 is 0. The first-order chi connectivity index (χ1) is 15.8. The van der Waals surface area contributed by atoms with Crippen molar-refractivity contribution in [3.8, 4) is 12.2 Å². The Morgan fingerprint density at radius 1 is 0.594 bits per heavy atom. The zero-order valence-electron chi connectivity index (χ0n) is 18.1. The lowest BCUT2D eigenvalue weighted by Crippen LogP contribution is -2.10. The van der Waals surface area contributed by atoms with Crippen molar-refractivity contribution in [2.75, 3.05) is 67.1 Å². The normalized spacial score (nSPS) is 11.7. The van der Waals surface area contributed by atoms with Crippen molar-refractivity contribution in [3.63, 3.8) is 0 Å². The van der Waals surface area contributed by atoms with E-state index in [0.717, 1.165) is 10.8 Å². The van der Waals surface area contributed by atoms with Crippen molar-refractivity contribution in [2.24, 2.45) is 0 Å². The predicted octanol–water partition coefficient (Wildman–Crippen LogP) is 3.21. The van der Waals surface area contributed by atoms with E-state index in [-0.39, 0.29) is 12.2 Å². The number of oxazole rings is 2. The standard InChI is InChI=1S/C22H26N2O8/c1-25-3-5-27-7-9-29-21-23-17-11-15-14-20-18(12-16(15)13-19(17)31-21)24-22(32-20)30-10-8-28-6-4-26-2/h11-14H,3-10H2,1-2H3. The summed E-state index contributed by atoms with van der Waals surface area (Å²) in [5.74, 6) is 0. The van der Waals surface area contributed by atoms with Crippen LogP contribution >= 0.6 is 0 Å². The van der Waals surface area contributed by atoms with Gasteiger partial charge in [0, 0.05) is 14.2 Å². The molecule has 0 amide bonds. The van der Waals surface area contributed by atoms with Gasteiger partial charge >= 0.3 is 12.2 Å². The molecule has 0 saturated carbocycles. The van der Waals surface area contributed by atoms with Crippen LogP contribution in [0.15, 0.2) is 33.1 Å². The van der Waals surface area contributed by atoms with Crippen LogP contribution in [0.2, 0.25) is 0 Å². The van der Waals surface area contributed by atoms with Crippen LogP contribution in [-0.2, 0) is 18.9 Å². The molecule has 0 atom stereocenters. The number of nitrogens with zero attached hydrogens (tertiary/aromatic N) is 2. The first-order valence-corrected chi connectivity index (χ1v) is 10.3. The highest BCUT2D eigenvalue weighted by Crippen LogP contribution is 2.30. The van der Waals surface area contributed by atoms with E-state index in [0.29, 0.717) is 75.1 Å². The Kier molecular flexibility index (Phi) is 7.73. The van der Waals surface area contributed by atoms with E-state index in [1.165, 1.54) is 0 Å². The van der Waals surface area contributed by atoms with Crippen molar-refractivity contribution >= 4 is 33.0 Å². The van der Waals surface area contributed by atoms with Gasteiger partial charge in [0.25, 0.3) is 0 Å². The third-order valence-corrected chi connectivity index (χ3v) is 4.58. The largest absolute Gasteiger partial charge is 0.448 e. The Labute approximate surface area is 184 Å². The quantitative estimate of drug-likeness (QED) is 0.268. The topological polar surface area (TPSA) is 107 Å². The molecule has 4 aromatic rings. The van der Waals surface area contributed by atoms with Gasteiger partial charge in [-0.1, -0.05) is 0 Å². The number of hydrogen-bond acceptors (Lipinski definition) is 10. The van der Waals surface area contributed by atoms with E-state index in [1.807, 2.05) is 24.3 Å². The summed E-state index contributed by atoms with van der Waals surface area (Å²) in [6, 6.07) is 7.64. The van der Waals surface area contributed by atoms with E-state index in [9.17, 15) is 0 Å². The summed E-state index contributed by atoms with van der Waals surface area (Å²) < 4.78 is 43.1. The molecule has 32 heavy (non-hydrogen) atoms. The third-order valence-electron chi connectivity index (χ3n) is 4.58. The first-order valence-electron chi connectivity index (χ1n) is 10.3. The smallest absolute Gasteiger partial charge is 0.394 e. The Morgan fingerprint density at radius 2 is 1.03 bits per heavy atom. The molecule has 0 radical (unpaired) electrons. The second-order valence-corrected chi connectivity index (χ2v) is 6.85. The van der Waals surface area contributed by atoms with E-state index >= 15 is 0 Å². The number of rotatable bonds is 14. The fraction of sp³-hybridized carbons (Fsp3) is 0.455. The van der Waals surface area contributed by atoms with Crippen LogP contribution in [-0.4, -0.2) is 77.0 Å². The second-order valence-electron chi connectivity index (χ2n) is 6.85. The van der Waals surface area contributed by atoms with Gasteiger partial charge in [0.05, 0.1) is 39.6 Å². The molecule has 10 heteroatoms. The van der Waals surface area contributed by atoms with Crippen LogP contribution in [0, 0.1) is 0 Å². The van der Waals surface area contributed by atoms with Crippen LogP contribution in [0.1, 0.15) is 0 Å². The van der Waals surface area contributed by atoms with Crippen molar-refractivity contribution in [1.29, 1.82) is 0 Å². The Balaban J connectivity index is 1.40. The van der Waals surface area contributed by atoms with Crippen LogP contribution in [0.5, 0.6) is 12.2 Å².